The Morgan fingerprint density at radius 1 is 1.04 bits per heavy atom. The van der Waals surface area contributed by atoms with Gasteiger partial charge in [-0.3, -0.25) is 4.79 Å². The van der Waals surface area contributed by atoms with Crippen molar-refractivity contribution < 1.29 is 4.79 Å². The summed E-state index contributed by atoms with van der Waals surface area (Å²) in [5.74, 6) is 0.522. The number of carbonyl (C=O) groups is 1. The third kappa shape index (κ3) is 3.99. The molecule has 0 bridgehead atoms. The van der Waals surface area contributed by atoms with E-state index in [0.717, 1.165) is 31.6 Å². The van der Waals surface area contributed by atoms with Crippen molar-refractivity contribution in [2.75, 3.05) is 18.4 Å². The first-order valence-corrected chi connectivity index (χ1v) is 8.25. The number of anilines is 2. The van der Waals surface area contributed by atoms with E-state index in [4.69, 9.17) is 11.6 Å². The molecule has 0 saturated carbocycles. The molecule has 1 aromatic carbocycles. The summed E-state index contributed by atoms with van der Waals surface area (Å²) in [6.07, 6.45) is 7.59. The molecular weight excluding hydrogens is 312 g/mol. The summed E-state index contributed by atoms with van der Waals surface area (Å²) in [6.45, 7) is 1.61. The lowest BCUT2D eigenvalue weighted by Crippen LogP contribution is -2.32. The molecule has 0 unspecified atom stereocenters. The zero-order valence-electron chi connectivity index (χ0n) is 12.8. The van der Waals surface area contributed by atoms with Crippen LogP contribution >= 0.6 is 11.6 Å². The monoisotopic (exact) mass is 330 g/mol. The number of hydrogen-bond donors (Lipinski definition) is 1. The number of nitrogens with one attached hydrogen (secondary N) is 1. The summed E-state index contributed by atoms with van der Waals surface area (Å²) < 4.78 is 0. The van der Waals surface area contributed by atoms with Crippen LogP contribution in [-0.2, 0) is 0 Å². The number of aromatic nitrogens is 2. The number of amides is 1. The van der Waals surface area contributed by atoms with Gasteiger partial charge in [0.05, 0.1) is 23.1 Å². The van der Waals surface area contributed by atoms with Gasteiger partial charge >= 0.3 is 0 Å². The number of nitrogens with zero attached hydrogens (tertiary/aromatic N) is 3. The molecule has 0 radical (unpaired) electrons. The zero-order valence-corrected chi connectivity index (χ0v) is 13.6. The highest BCUT2D eigenvalue weighted by Crippen LogP contribution is 2.23. The van der Waals surface area contributed by atoms with E-state index in [9.17, 15) is 4.79 Å². The molecular formula is C17H19ClN4O. The first kappa shape index (κ1) is 15.7. The molecule has 120 valence electrons. The van der Waals surface area contributed by atoms with E-state index in [1.54, 1.807) is 12.3 Å². The van der Waals surface area contributed by atoms with E-state index >= 15 is 0 Å². The molecule has 3 rings (SSSR count). The number of rotatable bonds is 3. The number of carbonyl (C=O) groups excluding carboxylic acids is 1. The van der Waals surface area contributed by atoms with Crippen LogP contribution in [0.1, 0.15) is 36.2 Å². The molecule has 1 N–H and O–H groups in total. The molecule has 1 amide bonds. The van der Waals surface area contributed by atoms with Crippen LogP contribution in [0.15, 0.2) is 36.7 Å². The Kier molecular flexibility index (Phi) is 5.08. The van der Waals surface area contributed by atoms with Crippen LogP contribution in [0.3, 0.4) is 0 Å². The van der Waals surface area contributed by atoms with Gasteiger partial charge in [-0.1, -0.05) is 36.6 Å². The van der Waals surface area contributed by atoms with Crippen LogP contribution in [0.25, 0.3) is 0 Å². The quantitative estimate of drug-likeness (QED) is 0.927. The average molecular weight is 331 g/mol. The van der Waals surface area contributed by atoms with Gasteiger partial charge < -0.3 is 10.2 Å². The standard InChI is InChI=1S/C17H19ClN4O/c18-13-7-3-4-8-14(13)21-16-12-19-15(11-20-16)17(23)22-9-5-1-2-6-10-22/h3-4,7-8,11-12H,1-2,5-6,9-10H2,(H,20,21). The molecule has 1 aliphatic rings. The molecule has 1 aromatic heterocycles. The van der Waals surface area contributed by atoms with Crippen LogP contribution in [0.5, 0.6) is 0 Å². The Labute approximate surface area is 140 Å². The van der Waals surface area contributed by atoms with E-state index in [-0.39, 0.29) is 5.91 Å². The number of benzene rings is 1. The minimum Gasteiger partial charge on any atom is -0.338 e. The summed E-state index contributed by atoms with van der Waals surface area (Å²) in [5.41, 5.74) is 1.15. The van der Waals surface area contributed by atoms with Crippen molar-refractivity contribution in [2.24, 2.45) is 0 Å². The fourth-order valence-corrected chi connectivity index (χ4v) is 2.82. The van der Waals surface area contributed by atoms with Gasteiger partial charge in [-0.2, -0.15) is 0 Å². The third-order valence-electron chi connectivity index (χ3n) is 3.90. The van der Waals surface area contributed by atoms with E-state index in [0.29, 0.717) is 16.5 Å². The molecule has 23 heavy (non-hydrogen) atoms. The Hall–Kier alpha value is -2.14. The largest absolute Gasteiger partial charge is 0.338 e. The predicted molar refractivity (Wildman–Crippen MR) is 91.1 cm³/mol. The smallest absolute Gasteiger partial charge is 0.274 e. The second kappa shape index (κ2) is 7.42. The van der Waals surface area contributed by atoms with E-state index in [2.05, 4.69) is 15.3 Å². The fraction of sp³-hybridized carbons (Fsp3) is 0.353. The van der Waals surface area contributed by atoms with Crippen molar-refractivity contribution in [3.63, 3.8) is 0 Å². The predicted octanol–water partition coefficient (Wildman–Crippen LogP) is 3.89. The number of halogens is 1. The van der Waals surface area contributed by atoms with Crippen LogP contribution < -0.4 is 5.32 Å². The summed E-state index contributed by atoms with van der Waals surface area (Å²) in [4.78, 5) is 22.9. The SMILES string of the molecule is O=C(c1cnc(Nc2ccccc2Cl)cn1)N1CCCCCC1. The highest BCUT2D eigenvalue weighted by atomic mass is 35.5. The number of para-hydroxylation sites is 1. The van der Waals surface area contributed by atoms with Crippen molar-refractivity contribution in [1.82, 2.24) is 14.9 Å². The average Bonchev–Trinajstić information content (AvgIpc) is 2.86. The molecule has 2 aromatic rings. The van der Waals surface area contributed by atoms with Gasteiger partial charge in [-0.25, -0.2) is 9.97 Å². The molecule has 1 fully saturated rings. The Bertz CT molecular complexity index is 667. The van der Waals surface area contributed by atoms with Gasteiger partial charge in [0.1, 0.15) is 11.5 Å². The summed E-state index contributed by atoms with van der Waals surface area (Å²) >= 11 is 6.10. The van der Waals surface area contributed by atoms with Crippen molar-refractivity contribution in [2.45, 2.75) is 25.7 Å². The molecule has 0 atom stereocenters. The number of likely N-dealkylation sites (tertiary alicyclic amines) is 1. The van der Waals surface area contributed by atoms with Crippen LogP contribution in [0, 0.1) is 0 Å². The van der Waals surface area contributed by atoms with Gasteiger partial charge in [0.15, 0.2) is 0 Å². The lowest BCUT2D eigenvalue weighted by Gasteiger charge is -2.19. The minimum atomic E-state index is -0.0382. The van der Waals surface area contributed by atoms with Crippen molar-refractivity contribution in [3.8, 4) is 0 Å². The van der Waals surface area contributed by atoms with Crippen LogP contribution in [0.4, 0.5) is 11.5 Å². The van der Waals surface area contributed by atoms with Gasteiger partial charge in [-0.15, -0.1) is 0 Å². The summed E-state index contributed by atoms with van der Waals surface area (Å²) in [6, 6.07) is 7.41. The topological polar surface area (TPSA) is 58.1 Å². The maximum Gasteiger partial charge on any atom is 0.274 e. The normalized spacial score (nSPS) is 15.1. The maximum absolute atomic E-state index is 12.5. The van der Waals surface area contributed by atoms with Gasteiger partial charge in [0.2, 0.25) is 0 Å². The Morgan fingerprint density at radius 2 is 1.78 bits per heavy atom. The van der Waals surface area contributed by atoms with Crippen molar-refractivity contribution in [3.05, 3.63) is 47.4 Å². The van der Waals surface area contributed by atoms with Crippen molar-refractivity contribution >= 4 is 29.0 Å². The minimum absolute atomic E-state index is 0.0382. The Morgan fingerprint density at radius 3 is 2.43 bits per heavy atom. The zero-order chi connectivity index (χ0) is 16.1. The second-order valence-corrected chi connectivity index (χ2v) is 6.01. The first-order chi connectivity index (χ1) is 11.2. The van der Waals surface area contributed by atoms with Crippen molar-refractivity contribution in [1.29, 1.82) is 0 Å². The first-order valence-electron chi connectivity index (χ1n) is 7.87. The lowest BCUT2D eigenvalue weighted by molar-refractivity contribution is 0.0755. The lowest BCUT2D eigenvalue weighted by atomic mass is 10.2. The maximum atomic E-state index is 12.5. The summed E-state index contributed by atoms with van der Waals surface area (Å²) in [7, 11) is 0. The Balaban J connectivity index is 1.69. The highest BCUT2D eigenvalue weighted by Gasteiger charge is 2.18. The highest BCUT2D eigenvalue weighted by molar-refractivity contribution is 6.33. The molecule has 2 heterocycles. The van der Waals surface area contributed by atoms with E-state index in [1.165, 1.54) is 19.0 Å². The molecule has 5 nitrogen and oxygen atoms in total. The molecule has 6 heteroatoms. The summed E-state index contributed by atoms with van der Waals surface area (Å²) in [5, 5.41) is 3.71. The molecule has 0 aliphatic carbocycles. The van der Waals surface area contributed by atoms with Gasteiger partial charge in [0, 0.05) is 13.1 Å². The molecule has 1 saturated heterocycles. The fourth-order valence-electron chi connectivity index (χ4n) is 2.64. The van der Waals surface area contributed by atoms with Gasteiger partial charge in [0.25, 0.3) is 5.91 Å². The molecule has 1 aliphatic heterocycles. The van der Waals surface area contributed by atoms with Gasteiger partial charge in [-0.05, 0) is 25.0 Å². The number of hydrogen-bond acceptors (Lipinski definition) is 4. The second-order valence-electron chi connectivity index (χ2n) is 5.60. The van der Waals surface area contributed by atoms with Crippen LogP contribution in [-0.4, -0.2) is 33.9 Å². The third-order valence-corrected chi connectivity index (χ3v) is 4.23. The van der Waals surface area contributed by atoms with E-state index in [1.807, 2.05) is 23.1 Å². The van der Waals surface area contributed by atoms with E-state index < -0.39 is 0 Å². The van der Waals surface area contributed by atoms with Crippen LogP contribution in [0.2, 0.25) is 5.02 Å². The molecule has 0 spiro atoms.